The van der Waals surface area contributed by atoms with Crippen molar-refractivity contribution in [2.24, 2.45) is 13.0 Å². The van der Waals surface area contributed by atoms with Gasteiger partial charge in [-0.1, -0.05) is 0 Å². The predicted octanol–water partition coefficient (Wildman–Crippen LogP) is 1.37. The Labute approximate surface area is 102 Å². The highest BCUT2D eigenvalue weighted by atomic mass is 16.5. The Morgan fingerprint density at radius 2 is 2.47 bits per heavy atom. The maximum atomic E-state index is 8.89. The van der Waals surface area contributed by atoms with Crippen LogP contribution in [-0.4, -0.2) is 36.3 Å². The van der Waals surface area contributed by atoms with Gasteiger partial charge in [-0.15, -0.1) is 0 Å². The van der Waals surface area contributed by atoms with E-state index >= 15 is 0 Å². The van der Waals surface area contributed by atoms with Gasteiger partial charge in [0.25, 0.3) is 0 Å². The van der Waals surface area contributed by atoms with E-state index in [0.717, 1.165) is 32.0 Å². The lowest BCUT2D eigenvalue weighted by Gasteiger charge is -2.19. The van der Waals surface area contributed by atoms with E-state index in [1.807, 2.05) is 23.9 Å². The molecular weight excluding hydrogens is 214 g/mol. The minimum absolute atomic E-state index is 0.666. The molecule has 1 fully saturated rings. The number of aryl methyl sites for hydroxylation is 1. The van der Waals surface area contributed by atoms with Gasteiger partial charge in [0.15, 0.2) is 0 Å². The highest BCUT2D eigenvalue weighted by Gasteiger charge is 2.17. The molecule has 2 heterocycles. The number of nitrogens with zero attached hydrogens (tertiary/aromatic N) is 3. The van der Waals surface area contributed by atoms with Crippen molar-refractivity contribution in [1.82, 2.24) is 9.47 Å². The van der Waals surface area contributed by atoms with E-state index < -0.39 is 0 Å². The molecule has 1 aromatic rings. The first-order valence-corrected chi connectivity index (χ1v) is 6.00. The summed E-state index contributed by atoms with van der Waals surface area (Å²) in [5, 5.41) is 8.89. The summed E-state index contributed by atoms with van der Waals surface area (Å²) >= 11 is 0. The lowest BCUT2D eigenvalue weighted by Crippen LogP contribution is -2.25. The van der Waals surface area contributed by atoms with Crippen LogP contribution in [0.1, 0.15) is 17.7 Å². The minimum Gasteiger partial charge on any atom is -0.381 e. The summed E-state index contributed by atoms with van der Waals surface area (Å²) in [5.41, 5.74) is 1.92. The average Bonchev–Trinajstić information content (AvgIpc) is 2.88. The Hall–Kier alpha value is -1.31. The molecule has 1 aliphatic heterocycles. The first-order chi connectivity index (χ1) is 8.19. The smallest absolute Gasteiger partial charge is 0.120 e. The molecule has 0 bridgehead atoms. The molecule has 0 aromatic carbocycles. The summed E-state index contributed by atoms with van der Waals surface area (Å²) < 4.78 is 7.25. The quantitative estimate of drug-likeness (QED) is 0.788. The predicted molar refractivity (Wildman–Crippen MR) is 65.4 cm³/mol. The summed E-state index contributed by atoms with van der Waals surface area (Å²) in [5.74, 6) is 0.666. The first-order valence-electron chi connectivity index (χ1n) is 6.00. The van der Waals surface area contributed by atoms with Crippen LogP contribution in [0.5, 0.6) is 0 Å². The molecule has 0 aliphatic carbocycles. The lowest BCUT2D eigenvalue weighted by molar-refractivity contribution is 0.173. The van der Waals surface area contributed by atoms with E-state index in [9.17, 15) is 0 Å². The largest absolute Gasteiger partial charge is 0.381 e. The molecule has 0 radical (unpaired) electrons. The molecule has 2 rings (SSSR count). The van der Waals surface area contributed by atoms with E-state index in [4.69, 9.17) is 10.00 Å². The van der Waals surface area contributed by atoms with E-state index in [0.29, 0.717) is 5.92 Å². The SMILES string of the molecule is CN(Cc1cc(C#N)n(C)c1)CC1CCOC1. The molecule has 1 atom stereocenters. The van der Waals surface area contributed by atoms with Crippen molar-refractivity contribution in [2.75, 3.05) is 26.8 Å². The molecule has 17 heavy (non-hydrogen) atoms. The molecule has 0 spiro atoms. The Kier molecular flexibility index (Phi) is 3.82. The highest BCUT2D eigenvalue weighted by Crippen LogP contribution is 2.15. The Balaban J connectivity index is 1.88. The van der Waals surface area contributed by atoms with Crippen LogP contribution in [0, 0.1) is 17.2 Å². The Morgan fingerprint density at radius 3 is 3.06 bits per heavy atom. The molecular formula is C13H19N3O. The first kappa shape index (κ1) is 12.2. The zero-order valence-corrected chi connectivity index (χ0v) is 10.5. The van der Waals surface area contributed by atoms with Crippen LogP contribution in [0.2, 0.25) is 0 Å². The number of hydrogen-bond acceptors (Lipinski definition) is 3. The zero-order chi connectivity index (χ0) is 12.3. The molecule has 0 N–H and O–H groups in total. The molecule has 0 saturated carbocycles. The van der Waals surface area contributed by atoms with Crippen molar-refractivity contribution in [3.8, 4) is 6.07 Å². The second-order valence-corrected chi connectivity index (χ2v) is 4.88. The van der Waals surface area contributed by atoms with Crippen LogP contribution in [-0.2, 0) is 18.3 Å². The Morgan fingerprint density at radius 1 is 1.65 bits per heavy atom. The van der Waals surface area contributed by atoms with Crippen molar-refractivity contribution < 1.29 is 4.74 Å². The van der Waals surface area contributed by atoms with E-state index in [1.54, 1.807) is 0 Å². The van der Waals surface area contributed by atoms with Gasteiger partial charge in [-0.3, -0.25) is 0 Å². The van der Waals surface area contributed by atoms with Gasteiger partial charge in [0.1, 0.15) is 11.8 Å². The topological polar surface area (TPSA) is 41.2 Å². The second kappa shape index (κ2) is 5.35. The summed E-state index contributed by atoms with van der Waals surface area (Å²) in [7, 11) is 4.03. The van der Waals surface area contributed by atoms with Crippen molar-refractivity contribution in [3.05, 3.63) is 23.5 Å². The van der Waals surface area contributed by atoms with E-state index in [2.05, 4.69) is 18.0 Å². The van der Waals surface area contributed by atoms with Crippen molar-refractivity contribution in [3.63, 3.8) is 0 Å². The standard InChI is InChI=1S/C13H19N3O/c1-15(7-11-3-4-17-10-11)8-12-5-13(6-14)16(2)9-12/h5,9,11H,3-4,7-8,10H2,1-2H3. The number of nitriles is 1. The zero-order valence-electron chi connectivity index (χ0n) is 10.5. The van der Waals surface area contributed by atoms with Crippen LogP contribution in [0.25, 0.3) is 0 Å². The summed E-state index contributed by atoms with van der Waals surface area (Å²) in [4.78, 5) is 2.30. The molecule has 4 heteroatoms. The fourth-order valence-electron chi connectivity index (χ4n) is 2.37. The van der Waals surface area contributed by atoms with Crippen LogP contribution in [0.4, 0.5) is 0 Å². The molecule has 1 saturated heterocycles. The van der Waals surface area contributed by atoms with Crippen molar-refractivity contribution >= 4 is 0 Å². The molecule has 0 amide bonds. The molecule has 1 unspecified atom stereocenters. The number of ether oxygens (including phenoxy) is 1. The number of hydrogen-bond donors (Lipinski definition) is 0. The monoisotopic (exact) mass is 233 g/mol. The van der Waals surface area contributed by atoms with Gasteiger partial charge in [-0.2, -0.15) is 5.26 Å². The maximum Gasteiger partial charge on any atom is 0.120 e. The van der Waals surface area contributed by atoms with Gasteiger partial charge in [-0.25, -0.2) is 0 Å². The van der Waals surface area contributed by atoms with Gasteiger partial charge in [0, 0.05) is 32.9 Å². The van der Waals surface area contributed by atoms with E-state index in [-0.39, 0.29) is 0 Å². The summed E-state index contributed by atoms with van der Waals surface area (Å²) in [6.45, 7) is 3.76. The van der Waals surface area contributed by atoms with Gasteiger partial charge in [0.05, 0.1) is 6.61 Å². The summed E-state index contributed by atoms with van der Waals surface area (Å²) in [6.07, 6.45) is 3.20. The Bertz CT molecular complexity index is 413. The lowest BCUT2D eigenvalue weighted by atomic mass is 10.1. The van der Waals surface area contributed by atoms with Crippen molar-refractivity contribution in [1.29, 1.82) is 5.26 Å². The molecule has 1 aliphatic rings. The molecule has 1 aromatic heterocycles. The maximum absolute atomic E-state index is 8.89. The molecule has 4 nitrogen and oxygen atoms in total. The minimum atomic E-state index is 0.666. The fraction of sp³-hybridized carbons (Fsp3) is 0.615. The van der Waals surface area contributed by atoms with Gasteiger partial charge >= 0.3 is 0 Å². The highest BCUT2D eigenvalue weighted by molar-refractivity contribution is 5.28. The second-order valence-electron chi connectivity index (χ2n) is 4.88. The van der Waals surface area contributed by atoms with Crippen LogP contribution in [0.15, 0.2) is 12.3 Å². The third kappa shape index (κ3) is 3.09. The average molecular weight is 233 g/mol. The normalized spacial score (nSPS) is 19.8. The van der Waals surface area contributed by atoms with Gasteiger partial charge < -0.3 is 14.2 Å². The van der Waals surface area contributed by atoms with Crippen molar-refractivity contribution in [2.45, 2.75) is 13.0 Å². The van der Waals surface area contributed by atoms with Gasteiger partial charge in [0.2, 0.25) is 0 Å². The third-order valence-electron chi connectivity index (χ3n) is 3.22. The number of rotatable bonds is 4. The van der Waals surface area contributed by atoms with Crippen LogP contribution >= 0.6 is 0 Å². The van der Waals surface area contributed by atoms with Crippen LogP contribution in [0.3, 0.4) is 0 Å². The third-order valence-corrected chi connectivity index (χ3v) is 3.22. The fourth-order valence-corrected chi connectivity index (χ4v) is 2.37. The summed E-state index contributed by atoms with van der Waals surface area (Å²) in [6, 6.07) is 4.15. The van der Waals surface area contributed by atoms with E-state index in [1.165, 1.54) is 12.0 Å². The molecule has 92 valence electrons. The van der Waals surface area contributed by atoms with Crippen LogP contribution < -0.4 is 0 Å². The number of aromatic nitrogens is 1. The van der Waals surface area contributed by atoms with Gasteiger partial charge in [-0.05, 0) is 31.0 Å².